The van der Waals surface area contributed by atoms with Crippen molar-refractivity contribution in [1.29, 1.82) is 0 Å². The van der Waals surface area contributed by atoms with Crippen LogP contribution in [0.4, 0.5) is 0 Å². The lowest BCUT2D eigenvalue weighted by Crippen LogP contribution is -2.04. The molecular formula is C10H13NO. The van der Waals surface area contributed by atoms with Crippen LogP contribution in [-0.4, -0.2) is 11.5 Å². The molecule has 0 saturated heterocycles. The van der Waals surface area contributed by atoms with Crippen molar-refractivity contribution in [2.75, 3.05) is 0 Å². The molecule has 0 N–H and O–H groups in total. The monoisotopic (exact) mass is 163 g/mol. The van der Waals surface area contributed by atoms with E-state index in [-0.39, 0.29) is 5.78 Å². The van der Waals surface area contributed by atoms with Crippen LogP contribution in [0.2, 0.25) is 0 Å². The van der Waals surface area contributed by atoms with E-state index in [1.54, 1.807) is 25.2 Å². The van der Waals surface area contributed by atoms with Gasteiger partial charge in [0.1, 0.15) is 0 Å². The average Bonchev–Trinajstić information content (AvgIpc) is 2.03. The number of aliphatic imine (C=N–C) groups is 1. The zero-order chi connectivity index (χ0) is 9.56. The van der Waals surface area contributed by atoms with Crippen molar-refractivity contribution in [3.05, 3.63) is 37.1 Å². The SMILES string of the molecule is C=C/C=C(\C=C)N=C(C)C(C)=O. The fraction of sp³-hybridized carbons (Fsp3) is 0.200. The lowest BCUT2D eigenvalue weighted by Gasteiger charge is -1.94. The minimum Gasteiger partial charge on any atom is -0.293 e. The summed E-state index contributed by atoms with van der Waals surface area (Å²) >= 11 is 0. The van der Waals surface area contributed by atoms with Gasteiger partial charge in [-0.15, -0.1) is 0 Å². The summed E-state index contributed by atoms with van der Waals surface area (Å²) in [7, 11) is 0. The highest BCUT2D eigenvalue weighted by atomic mass is 16.1. The molecule has 0 atom stereocenters. The van der Waals surface area contributed by atoms with Gasteiger partial charge in [0, 0.05) is 6.92 Å². The Balaban J connectivity index is 4.69. The molecule has 0 aliphatic heterocycles. The number of nitrogens with zero attached hydrogens (tertiary/aromatic N) is 1. The number of rotatable bonds is 4. The summed E-state index contributed by atoms with van der Waals surface area (Å²) in [5.41, 5.74) is 1.13. The molecule has 0 amide bonds. The van der Waals surface area contributed by atoms with Crippen molar-refractivity contribution in [3.8, 4) is 0 Å². The molecule has 0 unspecified atom stereocenters. The second-order valence-electron chi connectivity index (χ2n) is 2.28. The van der Waals surface area contributed by atoms with Gasteiger partial charge in [0.15, 0.2) is 5.78 Å². The van der Waals surface area contributed by atoms with Gasteiger partial charge in [-0.2, -0.15) is 0 Å². The van der Waals surface area contributed by atoms with Crippen LogP contribution in [0.25, 0.3) is 0 Å². The third kappa shape index (κ3) is 3.66. The van der Waals surface area contributed by atoms with Gasteiger partial charge >= 0.3 is 0 Å². The van der Waals surface area contributed by atoms with E-state index in [0.717, 1.165) is 0 Å². The van der Waals surface area contributed by atoms with E-state index < -0.39 is 0 Å². The third-order valence-electron chi connectivity index (χ3n) is 1.30. The third-order valence-corrected chi connectivity index (χ3v) is 1.30. The predicted octanol–water partition coefficient (Wildman–Crippen LogP) is 2.29. The molecule has 0 aromatic heterocycles. The number of hydrogen-bond acceptors (Lipinski definition) is 2. The highest BCUT2D eigenvalue weighted by Crippen LogP contribution is 1.99. The Hall–Kier alpha value is -1.44. The number of carbonyl (C=O) groups is 1. The quantitative estimate of drug-likeness (QED) is 0.462. The molecule has 2 nitrogen and oxygen atoms in total. The fourth-order valence-electron chi connectivity index (χ4n) is 0.544. The molecule has 0 aliphatic carbocycles. The maximum atomic E-state index is 10.8. The molecule has 2 heteroatoms. The maximum Gasteiger partial charge on any atom is 0.173 e. The van der Waals surface area contributed by atoms with Gasteiger partial charge in [-0.1, -0.05) is 19.2 Å². The molecule has 0 aromatic rings. The van der Waals surface area contributed by atoms with Gasteiger partial charge < -0.3 is 0 Å². The van der Waals surface area contributed by atoms with Crippen molar-refractivity contribution in [1.82, 2.24) is 0 Å². The van der Waals surface area contributed by atoms with Gasteiger partial charge in [0.2, 0.25) is 0 Å². The van der Waals surface area contributed by atoms with Crippen LogP contribution in [-0.2, 0) is 4.79 Å². The first-order chi connectivity index (χ1) is 5.61. The van der Waals surface area contributed by atoms with Crippen LogP contribution in [0.15, 0.2) is 42.1 Å². The molecular weight excluding hydrogens is 150 g/mol. The zero-order valence-electron chi connectivity index (χ0n) is 7.50. The number of Topliss-reactive ketones (excluding diaryl/α,β-unsaturated/α-hetero) is 1. The Labute approximate surface area is 73.0 Å². The normalized spacial score (nSPS) is 12.5. The molecule has 0 spiro atoms. The molecule has 0 radical (unpaired) electrons. The van der Waals surface area contributed by atoms with Crippen LogP contribution in [0.1, 0.15) is 13.8 Å². The van der Waals surface area contributed by atoms with Crippen LogP contribution >= 0.6 is 0 Å². The Morgan fingerprint density at radius 2 is 1.92 bits per heavy atom. The van der Waals surface area contributed by atoms with Gasteiger partial charge in [-0.3, -0.25) is 9.79 Å². The van der Waals surface area contributed by atoms with Crippen LogP contribution in [0, 0.1) is 0 Å². The first kappa shape index (κ1) is 10.6. The summed E-state index contributed by atoms with van der Waals surface area (Å²) in [6.45, 7) is 10.2. The lowest BCUT2D eigenvalue weighted by atomic mass is 10.3. The molecule has 0 rings (SSSR count). The van der Waals surface area contributed by atoms with E-state index in [2.05, 4.69) is 18.2 Å². The lowest BCUT2D eigenvalue weighted by molar-refractivity contribution is -0.111. The first-order valence-corrected chi connectivity index (χ1v) is 3.63. The van der Waals surface area contributed by atoms with E-state index in [1.807, 2.05) is 0 Å². The molecule has 0 heterocycles. The van der Waals surface area contributed by atoms with E-state index in [9.17, 15) is 4.79 Å². The average molecular weight is 163 g/mol. The minimum atomic E-state index is -0.0354. The number of hydrogen-bond donors (Lipinski definition) is 0. The maximum absolute atomic E-state index is 10.8. The summed E-state index contributed by atoms with van der Waals surface area (Å²) in [6, 6.07) is 0. The van der Waals surface area contributed by atoms with E-state index in [0.29, 0.717) is 11.4 Å². The summed E-state index contributed by atoms with van der Waals surface area (Å²) in [5.74, 6) is -0.0354. The Kier molecular flexibility index (Phi) is 4.61. The molecule has 64 valence electrons. The molecule has 0 fully saturated rings. The standard InChI is InChI=1S/C10H13NO/c1-5-7-10(6-2)11-8(3)9(4)12/h5-7H,1-2H2,3-4H3/b10-7+,11-8?. The second-order valence-corrected chi connectivity index (χ2v) is 2.28. The largest absolute Gasteiger partial charge is 0.293 e. The van der Waals surface area contributed by atoms with E-state index in [1.165, 1.54) is 6.92 Å². The van der Waals surface area contributed by atoms with Crippen molar-refractivity contribution in [2.45, 2.75) is 13.8 Å². The Morgan fingerprint density at radius 1 is 1.33 bits per heavy atom. The van der Waals surface area contributed by atoms with Gasteiger partial charge in [-0.05, 0) is 19.1 Å². The van der Waals surface area contributed by atoms with Crippen molar-refractivity contribution < 1.29 is 4.79 Å². The summed E-state index contributed by atoms with van der Waals surface area (Å²) in [4.78, 5) is 14.8. The number of allylic oxidation sites excluding steroid dienone is 3. The minimum absolute atomic E-state index is 0.0354. The smallest absolute Gasteiger partial charge is 0.173 e. The second kappa shape index (κ2) is 5.24. The van der Waals surface area contributed by atoms with Crippen LogP contribution < -0.4 is 0 Å². The Morgan fingerprint density at radius 3 is 2.25 bits per heavy atom. The van der Waals surface area contributed by atoms with Crippen LogP contribution in [0.3, 0.4) is 0 Å². The van der Waals surface area contributed by atoms with Crippen molar-refractivity contribution in [3.63, 3.8) is 0 Å². The molecule has 12 heavy (non-hydrogen) atoms. The molecule has 0 saturated carbocycles. The fourth-order valence-corrected chi connectivity index (χ4v) is 0.544. The number of carbonyl (C=O) groups excluding carboxylic acids is 1. The van der Waals surface area contributed by atoms with Crippen molar-refractivity contribution in [2.24, 2.45) is 4.99 Å². The summed E-state index contributed by atoms with van der Waals surface area (Å²) < 4.78 is 0. The van der Waals surface area contributed by atoms with Gasteiger partial charge in [-0.25, -0.2) is 0 Å². The summed E-state index contributed by atoms with van der Waals surface area (Å²) in [5, 5.41) is 0. The van der Waals surface area contributed by atoms with Crippen LogP contribution in [0.5, 0.6) is 0 Å². The highest BCUT2D eigenvalue weighted by molar-refractivity contribution is 6.38. The topological polar surface area (TPSA) is 29.4 Å². The zero-order valence-corrected chi connectivity index (χ0v) is 7.50. The molecule has 0 bridgehead atoms. The Bertz CT molecular complexity index is 259. The first-order valence-electron chi connectivity index (χ1n) is 3.63. The van der Waals surface area contributed by atoms with Crippen molar-refractivity contribution >= 4 is 11.5 Å². The van der Waals surface area contributed by atoms with E-state index in [4.69, 9.17) is 0 Å². The molecule has 0 aromatic carbocycles. The van der Waals surface area contributed by atoms with Gasteiger partial charge in [0.25, 0.3) is 0 Å². The predicted molar refractivity (Wildman–Crippen MR) is 52.3 cm³/mol. The number of ketones is 1. The summed E-state index contributed by atoms with van der Waals surface area (Å²) in [6.07, 6.45) is 4.88. The van der Waals surface area contributed by atoms with Gasteiger partial charge in [0.05, 0.1) is 11.4 Å². The molecule has 0 aliphatic rings. The van der Waals surface area contributed by atoms with E-state index >= 15 is 0 Å². The highest BCUT2D eigenvalue weighted by Gasteiger charge is 1.96.